The minimum atomic E-state index is 0.509. The van der Waals surface area contributed by atoms with Gasteiger partial charge >= 0.3 is 0 Å². The molecule has 4 nitrogen and oxygen atoms in total. The summed E-state index contributed by atoms with van der Waals surface area (Å²) < 4.78 is 1.85. The van der Waals surface area contributed by atoms with Crippen LogP contribution in [0.3, 0.4) is 0 Å². The van der Waals surface area contributed by atoms with Crippen molar-refractivity contribution in [1.29, 1.82) is 0 Å². The maximum atomic E-state index is 5.69. The number of aromatic nitrogens is 4. The molecule has 0 radical (unpaired) electrons. The second kappa shape index (κ2) is 5.96. The number of thiazole rings is 1. The molecule has 0 bridgehead atoms. The van der Waals surface area contributed by atoms with Gasteiger partial charge in [0.05, 0.1) is 16.6 Å². The largest absolute Gasteiger partial charge is 0.253 e. The van der Waals surface area contributed by atoms with E-state index in [-0.39, 0.29) is 0 Å². The van der Waals surface area contributed by atoms with Crippen molar-refractivity contribution in [1.82, 2.24) is 19.7 Å². The van der Waals surface area contributed by atoms with Crippen LogP contribution in [0, 0.1) is 0 Å². The van der Waals surface area contributed by atoms with Crippen molar-refractivity contribution in [2.75, 3.05) is 0 Å². The monoisotopic (exact) mass is 256 g/mol. The van der Waals surface area contributed by atoms with Crippen LogP contribution in [0.4, 0.5) is 0 Å². The van der Waals surface area contributed by atoms with Gasteiger partial charge in [-0.2, -0.15) is 5.10 Å². The van der Waals surface area contributed by atoms with Crippen molar-refractivity contribution in [2.24, 2.45) is 0 Å². The Labute approximate surface area is 103 Å². The van der Waals surface area contributed by atoms with E-state index >= 15 is 0 Å². The van der Waals surface area contributed by atoms with Crippen LogP contribution in [0.25, 0.3) is 0 Å². The topological polar surface area (TPSA) is 43.6 Å². The lowest BCUT2D eigenvalue weighted by Gasteiger charge is -1.99. The molecule has 2 rings (SSSR count). The smallest absolute Gasteiger partial charge is 0.137 e. The standard InChI is InChI=1S/C10H13ClN4S/c11-5-9-6-16-10(14-9)3-1-2-4-15-8-12-7-13-15/h6-8H,1-5H2. The molecule has 0 spiro atoms. The molecule has 0 amide bonds. The zero-order valence-electron chi connectivity index (χ0n) is 8.84. The van der Waals surface area contributed by atoms with Gasteiger partial charge < -0.3 is 0 Å². The van der Waals surface area contributed by atoms with Crippen molar-refractivity contribution in [3.8, 4) is 0 Å². The molecule has 16 heavy (non-hydrogen) atoms. The summed E-state index contributed by atoms with van der Waals surface area (Å²) in [5.41, 5.74) is 0.984. The van der Waals surface area contributed by atoms with Gasteiger partial charge in [-0.1, -0.05) is 0 Å². The van der Waals surface area contributed by atoms with Gasteiger partial charge in [-0.25, -0.2) is 9.97 Å². The van der Waals surface area contributed by atoms with Crippen molar-refractivity contribution in [3.63, 3.8) is 0 Å². The molecular weight excluding hydrogens is 244 g/mol. The van der Waals surface area contributed by atoms with Crippen LogP contribution >= 0.6 is 22.9 Å². The first kappa shape index (κ1) is 11.5. The maximum Gasteiger partial charge on any atom is 0.137 e. The van der Waals surface area contributed by atoms with Crippen LogP contribution in [0.5, 0.6) is 0 Å². The highest BCUT2D eigenvalue weighted by molar-refractivity contribution is 7.09. The SMILES string of the molecule is ClCc1csc(CCCCn2cncn2)n1. The molecule has 86 valence electrons. The summed E-state index contributed by atoms with van der Waals surface area (Å²) in [6, 6.07) is 0. The van der Waals surface area contributed by atoms with Gasteiger partial charge in [0, 0.05) is 11.9 Å². The molecule has 0 aliphatic heterocycles. The van der Waals surface area contributed by atoms with Gasteiger partial charge in [0.25, 0.3) is 0 Å². The average Bonchev–Trinajstić information content (AvgIpc) is 2.95. The molecule has 0 aliphatic carbocycles. The lowest BCUT2D eigenvalue weighted by atomic mass is 10.2. The highest BCUT2D eigenvalue weighted by atomic mass is 35.5. The van der Waals surface area contributed by atoms with E-state index in [1.54, 1.807) is 24.0 Å². The molecule has 0 aliphatic rings. The molecule has 2 aromatic rings. The fourth-order valence-corrected chi connectivity index (χ4v) is 2.49. The Bertz CT molecular complexity index is 412. The van der Waals surface area contributed by atoms with Crippen LogP contribution < -0.4 is 0 Å². The normalized spacial score (nSPS) is 10.8. The third-order valence-electron chi connectivity index (χ3n) is 2.23. The molecule has 0 saturated carbocycles. The van der Waals surface area contributed by atoms with Gasteiger partial charge in [-0.15, -0.1) is 22.9 Å². The number of hydrogen-bond acceptors (Lipinski definition) is 4. The third kappa shape index (κ3) is 3.28. The van der Waals surface area contributed by atoms with E-state index in [2.05, 4.69) is 15.1 Å². The number of aryl methyl sites for hydroxylation is 2. The second-order valence-corrected chi connectivity index (χ2v) is 4.69. The number of halogens is 1. The highest BCUT2D eigenvalue weighted by Crippen LogP contribution is 2.14. The molecule has 0 N–H and O–H groups in total. The lowest BCUT2D eigenvalue weighted by Crippen LogP contribution is -1.98. The lowest BCUT2D eigenvalue weighted by molar-refractivity contribution is 0.556. The summed E-state index contributed by atoms with van der Waals surface area (Å²) in [6.07, 6.45) is 6.55. The Morgan fingerprint density at radius 2 is 2.31 bits per heavy atom. The van der Waals surface area contributed by atoms with Gasteiger partial charge in [-0.3, -0.25) is 4.68 Å². The molecule has 0 unspecified atom stereocenters. The minimum absolute atomic E-state index is 0.509. The molecule has 6 heteroatoms. The summed E-state index contributed by atoms with van der Waals surface area (Å²) in [4.78, 5) is 8.32. The maximum absolute atomic E-state index is 5.69. The quantitative estimate of drug-likeness (QED) is 0.589. The Morgan fingerprint density at radius 3 is 3.00 bits per heavy atom. The van der Waals surface area contributed by atoms with E-state index < -0.39 is 0 Å². The first-order valence-corrected chi connectivity index (χ1v) is 6.61. The average molecular weight is 257 g/mol. The molecule has 0 aromatic carbocycles. The summed E-state index contributed by atoms with van der Waals surface area (Å²) in [7, 11) is 0. The molecule has 0 saturated heterocycles. The van der Waals surface area contributed by atoms with E-state index in [1.165, 1.54) is 5.01 Å². The van der Waals surface area contributed by atoms with Crippen LogP contribution in [0.15, 0.2) is 18.0 Å². The fourth-order valence-electron chi connectivity index (χ4n) is 1.42. The number of alkyl halides is 1. The molecule has 0 fully saturated rings. The Morgan fingerprint density at radius 1 is 1.38 bits per heavy atom. The number of rotatable bonds is 6. The van der Waals surface area contributed by atoms with Gasteiger partial charge in [0.15, 0.2) is 0 Å². The third-order valence-corrected chi connectivity index (χ3v) is 3.46. The van der Waals surface area contributed by atoms with E-state index in [9.17, 15) is 0 Å². The zero-order chi connectivity index (χ0) is 11.2. The Hall–Kier alpha value is -0.940. The van der Waals surface area contributed by atoms with E-state index in [1.807, 2.05) is 10.1 Å². The number of hydrogen-bond donors (Lipinski definition) is 0. The highest BCUT2D eigenvalue weighted by Gasteiger charge is 2.00. The predicted octanol–water partition coefficient (Wildman–Crippen LogP) is 2.50. The number of unbranched alkanes of at least 4 members (excludes halogenated alkanes) is 1. The summed E-state index contributed by atoms with van der Waals surface area (Å²) >= 11 is 7.39. The van der Waals surface area contributed by atoms with Gasteiger partial charge in [0.2, 0.25) is 0 Å². The predicted molar refractivity (Wildman–Crippen MR) is 64.6 cm³/mol. The second-order valence-electron chi connectivity index (χ2n) is 3.48. The minimum Gasteiger partial charge on any atom is -0.253 e. The molecule has 2 heterocycles. The van der Waals surface area contributed by atoms with E-state index in [4.69, 9.17) is 11.6 Å². The van der Waals surface area contributed by atoms with Crippen molar-refractivity contribution < 1.29 is 0 Å². The van der Waals surface area contributed by atoms with Crippen molar-refractivity contribution in [3.05, 3.63) is 28.7 Å². The van der Waals surface area contributed by atoms with Crippen LogP contribution in [-0.2, 0) is 18.8 Å². The summed E-state index contributed by atoms with van der Waals surface area (Å²) in [5, 5.41) is 7.26. The Balaban J connectivity index is 1.68. The fraction of sp³-hybridized carbons (Fsp3) is 0.500. The first-order chi connectivity index (χ1) is 7.88. The van der Waals surface area contributed by atoms with Crippen molar-refractivity contribution in [2.45, 2.75) is 31.7 Å². The van der Waals surface area contributed by atoms with Crippen molar-refractivity contribution >= 4 is 22.9 Å². The van der Waals surface area contributed by atoms with Crippen LogP contribution in [-0.4, -0.2) is 19.7 Å². The van der Waals surface area contributed by atoms with Crippen LogP contribution in [0.2, 0.25) is 0 Å². The molecule has 0 atom stereocenters. The summed E-state index contributed by atoms with van der Waals surface area (Å²) in [5.74, 6) is 0.509. The summed E-state index contributed by atoms with van der Waals surface area (Å²) in [6.45, 7) is 0.924. The number of nitrogens with zero attached hydrogens (tertiary/aromatic N) is 4. The molecule has 2 aromatic heterocycles. The zero-order valence-corrected chi connectivity index (χ0v) is 10.4. The van der Waals surface area contributed by atoms with E-state index in [0.717, 1.165) is 31.5 Å². The van der Waals surface area contributed by atoms with Crippen LogP contribution in [0.1, 0.15) is 23.5 Å². The Kier molecular flexibility index (Phi) is 4.30. The first-order valence-electron chi connectivity index (χ1n) is 5.20. The van der Waals surface area contributed by atoms with Gasteiger partial charge in [0.1, 0.15) is 12.7 Å². The van der Waals surface area contributed by atoms with Gasteiger partial charge in [-0.05, 0) is 19.3 Å². The van der Waals surface area contributed by atoms with E-state index in [0.29, 0.717) is 5.88 Å². The molecular formula is C10H13ClN4S.